The Morgan fingerprint density at radius 2 is 2.26 bits per heavy atom. The van der Waals surface area contributed by atoms with Gasteiger partial charge in [-0.15, -0.1) is 0 Å². The summed E-state index contributed by atoms with van der Waals surface area (Å²) >= 11 is 0. The monoisotopic (exact) mass is 334 g/mol. The molecule has 4 rings (SSSR count). The van der Waals surface area contributed by atoms with E-state index in [0.29, 0.717) is 5.82 Å². The molecule has 0 radical (unpaired) electrons. The standard InChI is InChI=1S/C15H18N4O3S/c1-10-7-11-8-12(4-5-14(11)22-10)23(20,21)18-13-3-2-6-19-15(13)16-9-17-19/h4-5,8-10,13,18H,2-3,6-7H2,1H3/t10-,13+/m1/s1. The summed E-state index contributed by atoms with van der Waals surface area (Å²) in [6.07, 6.45) is 3.89. The third kappa shape index (κ3) is 2.61. The molecule has 1 aromatic heterocycles. The van der Waals surface area contributed by atoms with Crippen molar-refractivity contribution in [2.45, 2.75) is 49.8 Å². The number of rotatable bonds is 3. The third-order valence-electron chi connectivity index (χ3n) is 4.30. The van der Waals surface area contributed by atoms with Crippen molar-refractivity contribution >= 4 is 10.0 Å². The molecule has 2 aliphatic heterocycles. The Balaban J connectivity index is 1.61. The van der Waals surface area contributed by atoms with Crippen molar-refractivity contribution in [2.24, 2.45) is 0 Å². The van der Waals surface area contributed by atoms with Crippen molar-refractivity contribution in [2.75, 3.05) is 0 Å². The Kier molecular flexibility index (Phi) is 3.38. The predicted molar refractivity (Wildman–Crippen MR) is 82.6 cm³/mol. The van der Waals surface area contributed by atoms with E-state index in [1.165, 1.54) is 6.33 Å². The number of aryl methyl sites for hydroxylation is 1. The number of nitrogens with zero attached hydrogens (tertiary/aromatic N) is 3. The first-order valence-electron chi connectivity index (χ1n) is 7.72. The van der Waals surface area contributed by atoms with Gasteiger partial charge < -0.3 is 4.74 Å². The maximum atomic E-state index is 12.7. The summed E-state index contributed by atoms with van der Waals surface area (Å²) < 4.78 is 35.6. The van der Waals surface area contributed by atoms with E-state index in [1.807, 2.05) is 6.92 Å². The number of benzene rings is 1. The van der Waals surface area contributed by atoms with E-state index < -0.39 is 10.0 Å². The first kappa shape index (κ1) is 14.6. The number of sulfonamides is 1. The first-order chi connectivity index (χ1) is 11.0. The molecular formula is C15H18N4O3S. The topological polar surface area (TPSA) is 86.1 Å². The van der Waals surface area contributed by atoms with Gasteiger partial charge in [-0.3, -0.25) is 0 Å². The molecule has 0 unspecified atom stereocenters. The van der Waals surface area contributed by atoms with Crippen LogP contribution in [0, 0.1) is 0 Å². The van der Waals surface area contributed by atoms with Gasteiger partial charge in [0.25, 0.3) is 0 Å². The van der Waals surface area contributed by atoms with E-state index in [2.05, 4.69) is 14.8 Å². The lowest BCUT2D eigenvalue weighted by Crippen LogP contribution is -2.33. The normalized spacial score (nSPS) is 23.2. The number of fused-ring (bicyclic) bond motifs is 2. The molecule has 0 amide bonds. The van der Waals surface area contributed by atoms with Crippen LogP contribution in [0.25, 0.3) is 0 Å². The van der Waals surface area contributed by atoms with Crippen LogP contribution >= 0.6 is 0 Å². The molecule has 0 saturated heterocycles. The largest absolute Gasteiger partial charge is 0.490 e. The van der Waals surface area contributed by atoms with Gasteiger partial charge in [0, 0.05) is 13.0 Å². The van der Waals surface area contributed by atoms with Crippen LogP contribution in [0.1, 0.15) is 37.2 Å². The second-order valence-electron chi connectivity index (χ2n) is 6.06. The molecule has 7 nitrogen and oxygen atoms in total. The molecule has 0 bridgehead atoms. The van der Waals surface area contributed by atoms with Crippen LogP contribution in [0.3, 0.4) is 0 Å². The average molecular weight is 334 g/mol. The molecule has 8 heteroatoms. The lowest BCUT2D eigenvalue weighted by atomic mass is 10.1. The molecule has 0 fully saturated rings. The van der Waals surface area contributed by atoms with E-state index in [-0.39, 0.29) is 17.0 Å². The van der Waals surface area contributed by atoms with Gasteiger partial charge in [0.05, 0.1) is 10.9 Å². The lowest BCUT2D eigenvalue weighted by molar-refractivity contribution is 0.254. The SMILES string of the molecule is C[C@@H]1Cc2cc(S(=O)(=O)N[C@H]3CCCn4ncnc43)ccc2O1. The fourth-order valence-corrected chi connectivity index (χ4v) is 4.50. The summed E-state index contributed by atoms with van der Waals surface area (Å²) in [6, 6.07) is 4.69. The Labute approximate surface area is 134 Å². The molecule has 2 aliphatic rings. The van der Waals surface area contributed by atoms with Crippen molar-refractivity contribution in [3.8, 4) is 5.75 Å². The lowest BCUT2D eigenvalue weighted by Gasteiger charge is -2.23. The van der Waals surface area contributed by atoms with Crippen LogP contribution in [0.4, 0.5) is 0 Å². The molecule has 2 aromatic rings. The molecule has 0 spiro atoms. The van der Waals surface area contributed by atoms with Gasteiger partial charge >= 0.3 is 0 Å². The summed E-state index contributed by atoms with van der Waals surface area (Å²) in [6.45, 7) is 2.75. The fourth-order valence-electron chi connectivity index (χ4n) is 3.22. The van der Waals surface area contributed by atoms with Crippen LogP contribution in [-0.2, 0) is 23.0 Å². The smallest absolute Gasteiger partial charge is 0.241 e. The van der Waals surface area contributed by atoms with Crippen molar-refractivity contribution < 1.29 is 13.2 Å². The minimum Gasteiger partial charge on any atom is -0.490 e. The van der Waals surface area contributed by atoms with Gasteiger partial charge in [0.2, 0.25) is 10.0 Å². The Morgan fingerprint density at radius 3 is 3.13 bits per heavy atom. The molecule has 1 aromatic carbocycles. The summed E-state index contributed by atoms with van der Waals surface area (Å²) in [4.78, 5) is 4.46. The highest BCUT2D eigenvalue weighted by molar-refractivity contribution is 7.89. The zero-order chi connectivity index (χ0) is 16.0. The highest BCUT2D eigenvalue weighted by atomic mass is 32.2. The molecule has 2 atom stereocenters. The minimum absolute atomic E-state index is 0.0906. The molecule has 122 valence electrons. The fraction of sp³-hybridized carbons (Fsp3) is 0.467. The Hall–Kier alpha value is -1.93. The maximum Gasteiger partial charge on any atom is 0.241 e. The number of ether oxygens (including phenoxy) is 1. The average Bonchev–Trinajstić information content (AvgIpc) is 3.11. The van der Waals surface area contributed by atoms with Crippen LogP contribution in [-0.4, -0.2) is 29.3 Å². The van der Waals surface area contributed by atoms with Gasteiger partial charge in [0.15, 0.2) is 0 Å². The molecule has 0 aliphatic carbocycles. The number of aromatic nitrogens is 3. The molecular weight excluding hydrogens is 316 g/mol. The quantitative estimate of drug-likeness (QED) is 0.917. The van der Waals surface area contributed by atoms with E-state index in [4.69, 9.17) is 4.74 Å². The van der Waals surface area contributed by atoms with Crippen LogP contribution in [0.2, 0.25) is 0 Å². The van der Waals surface area contributed by atoms with Gasteiger partial charge in [0.1, 0.15) is 24.0 Å². The van der Waals surface area contributed by atoms with Crippen molar-refractivity contribution in [3.63, 3.8) is 0 Å². The van der Waals surface area contributed by atoms with E-state index in [1.54, 1.807) is 22.9 Å². The van der Waals surface area contributed by atoms with Crippen LogP contribution < -0.4 is 9.46 Å². The van der Waals surface area contributed by atoms with Crippen LogP contribution in [0.15, 0.2) is 29.4 Å². The van der Waals surface area contributed by atoms with E-state index in [0.717, 1.165) is 37.1 Å². The second-order valence-corrected chi connectivity index (χ2v) is 7.77. The minimum atomic E-state index is -3.61. The molecule has 0 saturated carbocycles. The van der Waals surface area contributed by atoms with Gasteiger partial charge in [-0.25, -0.2) is 22.8 Å². The second kappa shape index (κ2) is 5.31. The summed E-state index contributed by atoms with van der Waals surface area (Å²) in [7, 11) is -3.61. The van der Waals surface area contributed by atoms with Crippen molar-refractivity contribution in [3.05, 3.63) is 35.9 Å². The highest BCUT2D eigenvalue weighted by Gasteiger charge is 2.29. The Bertz CT molecular complexity index is 846. The van der Waals surface area contributed by atoms with Crippen molar-refractivity contribution in [1.29, 1.82) is 0 Å². The Morgan fingerprint density at radius 1 is 1.39 bits per heavy atom. The van der Waals surface area contributed by atoms with Crippen molar-refractivity contribution in [1.82, 2.24) is 19.5 Å². The van der Waals surface area contributed by atoms with Gasteiger partial charge in [-0.2, -0.15) is 5.10 Å². The number of hydrogen-bond acceptors (Lipinski definition) is 5. The van der Waals surface area contributed by atoms with Crippen LogP contribution in [0.5, 0.6) is 5.75 Å². The summed E-state index contributed by atoms with van der Waals surface area (Å²) in [5, 5.41) is 4.12. The zero-order valence-electron chi connectivity index (χ0n) is 12.8. The highest BCUT2D eigenvalue weighted by Crippen LogP contribution is 2.31. The van der Waals surface area contributed by atoms with Gasteiger partial charge in [-0.1, -0.05) is 0 Å². The summed E-state index contributed by atoms with van der Waals surface area (Å²) in [5.74, 6) is 1.45. The van der Waals surface area contributed by atoms with Gasteiger partial charge in [-0.05, 0) is 43.5 Å². The molecule has 1 N–H and O–H groups in total. The van der Waals surface area contributed by atoms with E-state index in [9.17, 15) is 8.42 Å². The maximum absolute atomic E-state index is 12.7. The summed E-state index contributed by atoms with van der Waals surface area (Å²) in [5.41, 5.74) is 0.937. The molecule has 3 heterocycles. The zero-order valence-corrected chi connectivity index (χ0v) is 13.6. The molecule has 23 heavy (non-hydrogen) atoms. The first-order valence-corrected chi connectivity index (χ1v) is 9.21. The number of nitrogens with one attached hydrogen (secondary N) is 1. The predicted octanol–water partition coefficient (Wildman–Crippen LogP) is 1.41. The third-order valence-corrected chi connectivity index (χ3v) is 5.76. The number of hydrogen-bond donors (Lipinski definition) is 1. The van der Waals surface area contributed by atoms with E-state index >= 15 is 0 Å².